The van der Waals surface area contributed by atoms with E-state index in [0.29, 0.717) is 5.82 Å². The SMILES string of the molecule is O=C(CNc1cc(=O)[nH]cn1)N1CCCCC1. The predicted octanol–water partition coefficient (Wildman–Crippen LogP) is 0.194. The minimum Gasteiger partial charge on any atom is -0.361 e. The number of nitrogens with one attached hydrogen (secondary N) is 2. The fourth-order valence-corrected chi connectivity index (χ4v) is 1.89. The first kappa shape index (κ1) is 11.6. The van der Waals surface area contributed by atoms with E-state index in [1.54, 1.807) is 0 Å². The van der Waals surface area contributed by atoms with Gasteiger partial charge in [0.15, 0.2) is 0 Å². The summed E-state index contributed by atoms with van der Waals surface area (Å²) in [6.45, 7) is 1.86. The van der Waals surface area contributed by atoms with Crippen LogP contribution in [0.25, 0.3) is 0 Å². The van der Waals surface area contributed by atoms with Gasteiger partial charge in [-0.05, 0) is 19.3 Å². The molecule has 1 aliphatic rings. The number of nitrogens with zero attached hydrogens (tertiary/aromatic N) is 2. The fourth-order valence-electron chi connectivity index (χ4n) is 1.89. The molecule has 17 heavy (non-hydrogen) atoms. The molecular weight excluding hydrogens is 220 g/mol. The highest BCUT2D eigenvalue weighted by Crippen LogP contribution is 2.08. The van der Waals surface area contributed by atoms with Crippen molar-refractivity contribution in [2.75, 3.05) is 25.0 Å². The van der Waals surface area contributed by atoms with E-state index < -0.39 is 0 Å². The molecule has 0 unspecified atom stereocenters. The van der Waals surface area contributed by atoms with Gasteiger partial charge in [-0.15, -0.1) is 0 Å². The number of carbonyl (C=O) groups excluding carboxylic acids is 1. The van der Waals surface area contributed by atoms with Crippen LogP contribution in [0.4, 0.5) is 5.82 Å². The Morgan fingerprint density at radius 3 is 2.88 bits per heavy atom. The smallest absolute Gasteiger partial charge is 0.252 e. The Hall–Kier alpha value is -1.85. The van der Waals surface area contributed by atoms with Gasteiger partial charge in [-0.1, -0.05) is 0 Å². The van der Waals surface area contributed by atoms with Crippen molar-refractivity contribution in [2.24, 2.45) is 0 Å². The Balaban J connectivity index is 1.85. The molecule has 0 atom stereocenters. The average molecular weight is 236 g/mol. The quantitative estimate of drug-likeness (QED) is 0.785. The van der Waals surface area contributed by atoms with Crippen LogP contribution in [0.5, 0.6) is 0 Å². The van der Waals surface area contributed by atoms with Crippen molar-refractivity contribution >= 4 is 11.7 Å². The zero-order valence-electron chi connectivity index (χ0n) is 9.61. The van der Waals surface area contributed by atoms with Gasteiger partial charge < -0.3 is 15.2 Å². The second-order valence-electron chi connectivity index (χ2n) is 4.09. The van der Waals surface area contributed by atoms with Gasteiger partial charge in [0.25, 0.3) is 5.56 Å². The van der Waals surface area contributed by atoms with Crippen molar-refractivity contribution in [1.29, 1.82) is 0 Å². The molecule has 1 amide bonds. The van der Waals surface area contributed by atoms with E-state index in [0.717, 1.165) is 25.9 Å². The fraction of sp³-hybridized carbons (Fsp3) is 0.545. The van der Waals surface area contributed by atoms with Gasteiger partial charge in [-0.25, -0.2) is 4.98 Å². The van der Waals surface area contributed by atoms with Crippen molar-refractivity contribution in [3.05, 3.63) is 22.7 Å². The molecule has 2 rings (SSSR count). The lowest BCUT2D eigenvalue weighted by Gasteiger charge is -2.26. The summed E-state index contributed by atoms with van der Waals surface area (Å²) in [5, 5.41) is 2.86. The lowest BCUT2D eigenvalue weighted by atomic mass is 10.1. The number of likely N-dealkylation sites (tertiary alicyclic amines) is 1. The van der Waals surface area contributed by atoms with Gasteiger partial charge in [0.1, 0.15) is 5.82 Å². The molecule has 1 fully saturated rings. The Labute approximate surface area is 99.1 Å². The zero-order valence-corrected chi connectivity index (χ0v) is 9.61. The topological polar surface area (TPSA) is 78.1 Å². The van der Waals surface area contributed by atoms with Crippen LogP contribution < -0.4 is 10.9 Å². The number of anilines is 1. The molecule has 0 aliphatic carbocycles. The number of rotatable bonds is 3. The summed E-state index contributed by atoms with van der Waals surface area (Å²) in [5.74, 6) is 0.492. The van der Waals surface area contributed by atoms with Crippen molar-refractivity contribution < 1.29 is 4.79 Å². The number of carbonyl (C=O) groups is 1. The largest absolute Gasteiger partial charge is 0.361 e. The molecule has 0 saturated carbocycles. The number of hydrogen-bond donors (Lipinski definition) is 2. The van der Waals surface area contributed by atoms with Crippen LogP contribution in [0, 0.1) is 0 Å². The van der Waals surface area contributed by atoms with Crippen molar-refractivity contribution in [2.45, 2.75) is 19.3 Å². The third kappa shape index (κ3) is 3.30. The molecule has 92 valence electrons. The first-order valence-corrected chi connectivity index (χ1v) is 5.82. The Morgan fingerprint density at radius 2 is 2.18 bits per heavy atom. The molecule has 0 radical (unpaired) electrons. The molecule has 1 aromatic heterocycles. The zero-order chi connectivity index (χ0) is 12.1. The summed E-state index contributed by atoms with van der Waals surface area (Å²) in [7, 11) is 0. The molecule has 1 aromatic rings. The number of piperidine rings is 1. The Kier molecular flexibility index (Phi) is 3.74. The third-order valence-electron chi connectivity index (χ3n) is 2.81. The molecular formula is C11H16N4O2. The Bertz CT molecular complexity index is 437. The lowest BCUT2D eigenvalue weighted by molar-refractivity contribution is -0.130. The first-order chi connectivity index (χ1) is 8.25. The van der Waals surface area contributed by atoms with Crippen molar-refractivity contribution in [3.63, 3.8) is 0 Å². The minimum absolute atomic E-state index is 0.0618. The summed E-state index contributed by atoms with van der Waals surface area (Å²) in [4.78, 5) is 31.0. The van der Waals surface area contributed by atoms with Gasteiger partial charge >= 0.3 is 0 Å². The highest BCUT2D eigenvalue weighted by molar-refractivity contribution is 5.80. The van der Waals surface area contributed by atoms with Gasteiger partial charge in [-0.3, -0.25) is 9.59 Å². The highest BCUT2D eigenvalue weighted by atomic mass is 16.2. The van der Waals surface area contributed by atoms with E-state index in [4.69, 9.17) is 0 Å². The van der Waals surface area contributed by atoms with Crippen LogP contribution in [-0.2, 0) is 4.79 Å². The van der Waals surface area contributed by atoms with E-state index in [1.807, 2.05) is 4.90 Å². The number of H-pyrrole nitrogens is 1. The van der Waals surface area contributed by atoms with Crippen LogP contribution in [-0.4, -0.2) is 40.4 Å². The van der Waals surface area contributed by atoms with Crippen LogP contribution in [0.3, 0.4) is 0 Å². The minimum atomic E-state index is -0.229. The monoisotopic (exact) mass is 236 g/mol. The van der Waals surface area contributed by atoms with E-state index in [-0.39, 0.29) is 18.0 Å². The number of aromatic nitrogens is 2. The number of amides is 1. The second-order valence-corrected chi connectivity index (χ2v) is 4.09. The molecule has 0 spiro atoms. The summed E-state index contributed by atoms with van der Waals surface area (Å²) in [6.07, 6.45) is 4.67. The summed E-state index contributed by atoms with van der Waals surface area (Å²) < 4.78 is 0. The van der Waals surface area contributed by atoms with Crippen LogP contribution in [0.2, 0.25) is 0 Å². The molecule has 1 saturated heterocycles. The van der Waals surface area contributed by atoms with E-state index in [1.165, 1.54) is 18.8 Å². The van der Waals surface area contributed by atoms with E-state index in [9.17, 15) is 9.59 Å². The molecule has 6 heteroatoms. The molecule has 2 heterocycles. The standard InChI is InChI=1S/C11H16N4O2/c16-10-6-9(13-8-14-10)12-7-11(17)15-4-2-1-3-5-15/h6,8H,1-5,7H2,(H2,12,13,14,16). The molecule has 2 N–H and O–H groups in total. The van der Waals surface area contributed by atoms with Gasteiger partial charge in [-0.2, -0.15) is 0 Å². The van der Waals surface area contributed by atoms with Gasteiger partial charge in [0, 0.05) is 19.2 Å². The van der Waals surface area contributed by atoms with Crippen molar-refractivity contribution in [3.8, 4) is 0 Å². The molecule has 1 aliphatic heterocycles. The maximum atomic E-state index is 11.8. The molecule has 0 aromatic carbocycles. The lowest BCUT2D eigenvalue weighted by Crippen LogP contribution is -2.39. The van der Waals surface area contributed by atoms with E-state index >= 15 is 0 Å². The summed E-state index contributed by atoms with van der Waals surface area (Å²) >= 11 is 0. The van der Waals surface area contributed by atoms with Crippen LogP contribution in [0.1, 0.15) is 19.3 Å². The normalized spacial score (nSPS) is 15.6. The van der Waals surface area contributed by atoms with Crippen LogP contribution >= 0.6 is 0 Å². The Morgan fingerprint density at radius 1 is 1.41 bits per heavy atom. The maximum absolute atomic E-state index is 11.8. The van der Waals surface area contributed by atoms with Crippen molar-refractivity contribution in [1.82, 2.24) is 14.9 Å². The average Bonchev–Trinajstić information content (AvgIpc) is 2.37. The summed E-state index contributed by atoms with van der Waals surface area (Å²) in [5.41, 5.74) is -0.229. The molecule has 0 bridgehead atoms. The predicted molar refractivity (Wildman–Crippen MR) is 63.8 cm³/mol. The van der Waals surface area contributed by atoms with Gasteiger partial charge in [0.05, 0.1) is 12.9 Å². The highest BCUT2D eigenvalue weighted by Gasteiger charge is 2.15. The maximum Gasteiger partial charge on any atom is 0.252 e. The third-order valence-corrected chi connectivity index (χ3v) is 2.81. The second kappa shape index (κ2) is 5.47. The number of aromatic amines is 1. The summed E-state index contributed by atoms with van der Waals surface area (Å²) in [6, 6.07) is 1.34. The van der Waals surface area contributed by atoms with Crippen LogP contribution in [0.15, 0.2) is 17.2 Å². The number of hydrogen-bond acceptors (Lipinski definition) is 4. The van der Waals surface area contributed by atoms with Gasteiger partial charge in [0.2, 0.25) is 5.91 Å². The van der Waals surface area contributed by atoms with E-state index in [2.05, 4.69) is 15.3 Å². The molecule has 6 nitrogen and oxygen atoms in total. The first-order valence-electron chi connectivity index (χ1n) is 5.82.